The van der Waals surface area contributed by atoms with Crippen molar-refractivity contribution in [2.75, 3.05) is 20.6 Å². The highest BCUT2D eigenvalue weighted by Crippen LogP contribution is 2.22. The molecule has 0 atom stereocenters. The monoisotopic (exact) mass is 294 g/mol. The maximum absolute atomic E-state index is 12.4. The van der Waals surface area contributed by atoms with E-state index in [9.17, 15) is 4.79 Å². The fourth-order valence-electron chi connectivity index (χ4n) is 2.88. The zero-order chi connectivity index (χ0) is 14.5. The van der Waals surface area contributed by atoms with Gasteiger partial charge in [-0.1, -0.05) is 19.3 Å². The predicted molar refractivity (Wildman–Crippen MR) is 85.0 cm³/mol. The Bertz CT molecular complexity index is 437. The number of carbonyl (C=O) groups is 1. The Balaban J connectivity index is 1.82. The van der Waals surface area contributed by atoms with Crippen LogP contribution in [0.25, 0.3) is 0 Å². The zero-order valence-corrected chi connectivity index (χ0v) is 13.7. The van der Waals surface area contributed by atoms with E-state index in [1.165, 1.54) is 42.5 Å². The number of aryl methyl sites for hydroxylation is 1. The van der Waals surface area contributed by atoms with Crippen molar-refractivity contribution in [3.8, 4) is 0 Å². The lowest BCUT2D eigenvalue weighted by Crippen LogP contribution is -2.43. The number of thiophene rings is 1. The van der Waals surface area contributed by atoms with Crippen LogP contribution < -0.4 is 0 Å². The van der Waals surface area contributed by atoms with E-state index in [4.69, 9.17) is 0 Å². The van der Waals surface area contributed by atoms with Crippen molar-refractivity contribution in [2.45, 2.75) is 51.6 Å². The van der Waals surface area contributed by atoms with E-state index in [1.807, 2.05) is 19.0 Å². The predicted octanol–water partition coefficient (Wildman–Crippen LogP) is 3.28. The Kier molecular flexibility index (Phi) is 5.61. The Labute approximate surface area is 126 Å². The second kappa shape index (κ2) is 7.23. The van der Waals surface area contributed by atoms with E-state index < -0.39 is 0 Å². The van der Waals surface area contributed by atoms with Crippen molar-refractivity contribution in [1.29, 1.82) is 0 Å². The van der Waals surface area contributed by atoms with Gasteiger partial charge in [0.2, 0.25) is 5.91 Å². The van der Waals surface area contributed by atoms with Crippen molar-refractivity contribution in [3.63, 3.8) is 0 Å². The minimum absolute atomic E-state index is 0.258. The van der Waals surface area contributed by atoms with E-state index in [0.29, 0.717) is 12.6 Å². The molecule has 112 valence electrons. The summed E-state index contributed by atoms with van der Waals surface area (Å²) in [6, 6.07) is 2.61. The van der Waals surface area contributed by atoms with Gasteiger partial charge in [0.25, 0.3) is 0 Å². The molecule has 2 rings (SSSR count). The average Bonchev–Trinajstić information content (AvgIpc) is 2.84. The second-order valence-electron chi connectivity index (χ2n) is 6.00. The van der Waals surface area contributed by atoms with Gasteiger partial charge in [-0.05, 0) is 43.8 Å². The van der Waals surface area contributed by atoms with Crippen molar-refractivity contribution in [1.82, 2.24) is 9.80 Å². The Morgan fingerprint density at radius 1 is 1.30 bits per heavy atom. The molecule has 1 aliphatic carbocycles. The van der Waals surface area contributed by atoms with Gasteiger partial charge in [-0.15, -0.1) is 11.3 Å². The lowest BCUT2D eigenvalue weighted by atomic mass is 9.94. The molecule has 0 radical (unpaired) electrons. The molecule has 0 spiro atoms. The summed E-state index contributed by atoms with van der Waals surface area (Å²) in [5.41, 5.74) is 1.33. The zero-order valence-electron chi connectivity index (χ0n) is 12.9. The minimum atomic E-state index is 0.258. The molecule has 1 saturated carbocycles. The van der Waals surface area contributed by atoms with Gasteiger partial charge in [0.15, 0.2) is 0 Å². The van der Waals surface area contributed by atoms with Gasteiger partial charge < -0.3 is 4.90 Å². The third-order valence-electron chi connectivity index (χ3n) is 4.30. The standard InChI is InChI=1S/C16H26N2OS/c1-13-9-10-20-15(13)11-17(2)12-16(19)18(3)14-7-5-4-6-8-14/h9-10,14H,4-8,11-12H2,1-3H3. The van der Waals surface area contributed by atoms with Crippen LogP contribution in [0.4, 0.5) is 0 Å². The van der Waals surface area contributed by atoms with Crippen LogP contribution in [0, 0.1) is 6.92 Å². The average molecular weight is 294 g/mol. The van der Waals surface area contributed by atoms with Gasteiger partial charge in [-0.2, -0.15) is 0 Å². The first kappa shape index (κ1) is 15.5. The highest BCUT2D eigenvalue weighted by molar-refractivity contribution is 7.10. The Morgan fingerprint density at radius 3 is 2.60 bits per heavy atom. The number of likely N-dealkylation sites (N-methyl/N-ethyl adjacent to an activating group) is 2. The van der Waals surface area contributed by atoms with Crippen LogP contribution >= 0.6 is 11.3 Å². The van der Waals surface area contributed by atoms with Crippen LogP contribution in [-0.2, 0) is 11.3 Å². The molecule has 0 saturated heterocycles. The third-order valence-corrected chi connectivity index (χ3v) is 5.31. The summed E-state index contributed by atoms with van der Waals surface area (Å²) in [6.45, 7) is 3.52. The topological polar surface area (TPSA) is 23.6 Å². The van der Waals surface area contributed by atoms with Crippen LogP contribution in [0.1, 0.15) is 42.5 Å². The second-order valence-corrected chi connectivity index (χ2v) is 7.00. The van der Waals surface area contributed by atoms with Crippen LogP contribution in [0.3, 0.4) is 0 Å². The molecule has 1 fully saturated rings. The molecule has 1 aliphatic rings. The SMILES string of the molecule is Cc1ccsc1CN(C)CC(=O)N(C)C1CCCCC1. The number of hydrogen-bond acceptors (Lipinski definition) is 3. The molecule has 0 N–H and O–H groups in total. The summed E-state index contributed by atoms with van der Waals surface area (Å²) in [5, 5.41) is 2.12. The fraction of sp³-hybridized carbons (Fsp3) is 0.688. The normalized spacial score (nSPS) is 16.6. The number of nitrogens with zero attached hydrogens (tertiary/aromatic N) is 2. The molecular formula is C16H26N2OS. The van der Waals surface area contributed by atoms with Gasteiger partial charge in [0.05, 0.1) is 6.54 Å². The van der Waals surface area contributed by atoms with Crippen molar-refractivity contribution in [2.24, 2.45) is 0 Å². The van der Waals surface area contributed by atoms with Crippen LogP contribution in [0.2, 0.25) is 0 Å². The lowest BCUT2D eigenvalue weighted by Gasteiger charge is -2.32. The fourth-order valence-corrected chi connectivity index (χ4v) is 3.87. The summed E-state index contributed by atoms with van der Waals surface area (Å²) >= 11 is 1.77. The summed E-state index contributed by atoms with van der Waals surface area (Å²) in [6.07, 6.45) is 6.22. The van der Waals surface area contributed by atoms with Crippen LogP contribution in [-0.4, -0.2) is 42.4 Å². The van der Waals surface area contributed by atoms with Gasteiger partial charge in [-0.3, -0.25) is 9.69 Å². The maximum atomic E-state index is 12.4. The first-order chi connectivity index (χ1) is 9.58. The first-order valence-electron chi connectivity index (χ1n) is 7.55. The molecule has 1 aromatic heterocycles. The molecule has 0 bridgehead atoms. The number of rotatable bonds is 5. The molecule has 1 aromatic rings. The van der Waals surface area contributed by atoms with Gasteiger partial charge in [-0.25, -0.2) is 0 Å². The maximum Gasteiger partial charge on any atom is 0.236 e. The Morgan fingerprint density at radius 2 is 2.00 bits per heavy atom. The van der Waals surface area contributed by atoms with Gasteiger partial charge in [0.1, 0.15) is 0 Å². The van der Waals surface area contributed by atoms with E-state index in [0.717, 1.165) is 6.54 Å². The highest BCUT2D eigenvalue weighted by Gasteiger charge is 2.22. The molecule has 0 aliphatic heterocycles. The summed E-state index contributed by atoms with van der Waals surface area (Å²) < 4.78 is 0. The lowest BCUT2D eigenvalue weighted by molar-refractivity contribution is -0.133. The summed E-state index contributed by atoms with van der Waals surface area (Å²) in [5.74, 6) is 0.258. The molecule has 0 aromatic carbocycles. The smallest absolute Gasteiger partial charge is 0.236 e. The first-order valence-corrected chi connectivity index (χ1v) is 8.43. The molecule has 0 unspecified atom stereocenters. The van der Waals surface area contributed by atoms with Gasteiger partial charge in [0, 0.05) is 24.5 Å². The molecule has 20 heavy (non-hydrogen) atoms. The summed E-state index contributed by atoms with van der Waals surface area (Å²) in [7, 11) is 4.01. The molecule has 1 heterocycles. The van der Waals surface area contributed by atoms with Crippen molar-refractivity contribution < 1.29 is 4.79 Å². The van der Waals surface area contributed by atoms with E-state index in [-0.39, 0.29) is 5.91 Å². The van der Waals surface area contributed by atoms with E-state index in [1.54, 1.807) is 11.3 Å². The van der Waals surface area contributed by atoms with Gasteiger partial charge >= 0.3 is 0 Å². The van der Waals surface area contributed by atoms with E-state index >= 15 is 0 Å². The number of carbonyl (C=O) groups excluding carboxylic acids is 1. The quantitative estimate of drug-likeness (QED) is 0.832. The number of amides is 1. The highest BCUT2D eigenvalue weighted by atomic mass is 32.1. The van der Waals surface area contributed by atoms with Crippen LogP contribution in [0.5, 0.6) is 0 Å². The van der Waals surface area contributed by atoms with Crippen molar-refractivity contribution in [3.05, 3.63) is 21.9 Å². The van der Waals surface area contributed by atoms with Crippen molar-refractivity contribution >= 4 is 17.2 Å². The Hall–Kier alpha value is -0.870. The third kappa shape index (κ3) is 4.06. The molecule has 1 amide bonds. The van der Waals surface area contributed by atoms with Crippen LogP contribution in [0.15, 0.2) is 11.4 Å². The molecule has 4 heteroatoms. The molecule has 3 nitrogen and oxygen atoms in total. The summed E-state index contributed by atoms with van der Waals surface area (Å²) in [4.78, 5) is 17.8. The minimum Gasteiger partial charge on any atom is -0.342 e. The van der Waals surface area contributed by atoms with E-state index in [2.05, 4.69) is 23.3 Å². The number of hydrogen-bond donors (Lipinski definition) is 0. The largest absolute Gasteiger partial charge is 0.342 e. The molecular weight excluding hydrogens is 268 g/mol.